The van der Waals surface area contributed by atoms with Gasteiger partial charge in [0.1, 0.15) is 24.9 Å². The molecular formula is C33H38N2O7. The molecule has 9 heteroatoms. The number of benzene rings is 3. The van der Waals surface area contributed by atoms with E-state index >= 15 is 0 Å². The summed E-state index contributed by atoms with van der Waals surface area (Å²) in [4.78, 5) is 50.1. The molecule has 0 aliphatic carbocycles. The van der Waals surface area contributed by atoms with Gasteiger partial charge in [-0.3, -0.25) is 9.59 Å². The van der Waals surface area contributed by atoms with E-state index in [1.165, 1.54) is 0 Å². The molecule has 42 heavy (non-hydrogen) atoms. The number of nitrogens with one attached hydrogen (secondary N) is 2. The lowest BCUT2D eigenvalue weighted by molar-refractivity contribution is -0.154. The van der Waals surface area contributed by atoms with Crippen LogP contribution in [0.4, 0.5) is 4.79 Å². The normalized spacial score (nSPS) is 11.6. The van der Waals surface area contributed by atoms with Gasteiger partial charge in [-0.05, 0) is 49.9 Å². The second kappa shape index (κ2) is 15.4. The number of hydrogen-bond donors (Lipinski definition) is 2. The van der Waals surface area contributed by atoms with Crippen molar-refractivity contribution in [3.05, 3.63) is 107 Å². The number of rotatable bonds is 12. The monoisotopic (exact) mass is 574 g/mol. The molecular weight excluding hydrogens is 536 g/mol. The molecule has 0 aliphatic rings. The van der Waals surface area contributed by atoms with E-state index in [2.05, 4.69) is 10.6 Å². The number of esters is 2. The summed E-state index contributed by atoms with van der Waals surface area (Å²) in [6.45, 7) is 7.46. The molecule has 0 unspecified atom stereocenters. The number of hydrogen-bond acceptors (Lipinski definition) is 7. The van der Waals surface area contributed by atoms with Gasteiger partial charge in [-0.2, -0.15) is 0 Å². The van der Waals surface area contributed by atoms with Crippen molar-refractivity contribution in [1.82, 2.24) is 10.6 Å². The van der Waals surface area contributed by atoms with Gasteiger partial charge in [0.15, 0.2) is 0 Å². The highest BCUT2D eigenvalue weighted by molar-refractivity contribution is 5.86. The fraction of sp³-hybridized carbons (Fsp3) is 0.333. The van der Waals surface area contributed by atoms with Gasteiger partial charge < -0.3 is 24.8 Å². The van der Waals surface area contributed by atoms with Crippen LogP contribution in [0.2, 0.25) is 0 Å². The van der Waals surface area contributed by atoms with Crippen LogP contribution in [0.25, 0.3) is 0 Å². The Labute approximate surface area is 246 Å². The lowest BCUT2D eigenvalue weighted by Crippen LogP contribution is -2.45. The average molecular weight is 575 g/mol. The van der Waals surface area contributed by atoms with E-state index in [0.717, 1.165) is 22.3 Å². The Kier molecular flexibility index (Phi) is 11.7. The van der Waals surface area contributed by atoms with Gasteiger partial charge in [0.2, 0.25) is 5.91 Å². The number of carbonyl (C=O) groups excluding carboxylic acids is 4. The van der Waals surface area contributed by atoms with E-state index in [4.69, 9.17) is 14.2 Å². The molecule has 0 spiro atoms. The van der Waals surface area contributed by atoms with E-state index in [9.17, 15) is 19.2 Å². The summed E-state index contributed by atoms with van der Waals surface area (Å²) in [5, 5.41) is 5.32. The molecule has 2 amide bonds. The molecule has 0 saturated carbocycles. The summed E-state index contributed by atoms with van der Waals surface area (Å²) in [7, 11) is 0. The molecule has 2 N–H and O–H groups in total. The van der Waals surface area contributed by atoms with Crippen molar-refractivity contribution in [2.24, 2.45) is 0 Å². The average Bonchev–Trinajstić information content (AvgIpc) is 2.94. The predicted molar refractivity (Wildman–Crippen MR) is 157 cm³/mol. The Hall–Kier alpha value is -4.66. The van der Waals surface area contributed by atoms with Crippen LogP contribution in [-0.4, -0.2) is 35.6 Å². The first-order chi connectivity index (χ1) is 20.0. The number of amides is 2. The maximum atomic E-state index is 12.9. The third-order valence-electron chi connectivity index (χ3n) is 5.97. The number of carbonyl (C=O) groups is 4. The van der Waals surface area contributed by atoms with Crippen molar-refractivity contribution in [3.63, 3.8) is 0 Å². The highest BCUT2D eigenvalue weighted by Gasteiger charge is 2.28. The second-order valence-electron chi connectivity index (χ2n) is 10.9. The molecule has 0 aromatic heterocycles. The summed E-state index contributed by atoms with van der Waals surface area (Å²) in [6.07, 6.45) is -1.08. The number of alkyl carbamates (subject to hydrolysis) is 1. The van der Waals surface area contributed by atoms with Crippen molar-refractivity contribution < 1.29 is 33.4 Å². The fourth-order valence-corrected chi connectivity index (χ4v) is 3.77. The standard InChI is InChI=1S/C33H38N2O7/c1-23-10-12-25(13-11-23)20-34-29(36)18-24-14-16-27(17-15-24)22-41-31(38)28(35-32(39)42-33(2,3)4)19-30(37)40-21-26-8-6-5-7-9-26/h5-17,28H,18-22H2,1-4H3,(H,34,36)(H,35,39)/t28-/m0/s1. The van der Waals surface area contributed by atoms with Gasteiger partial charge in [-0.1, -0.05) is 84.4 Å². The molecule has 3 rings (SSSR count). The maximum Gasteiger partial charge on any atom is 0.408 e. The summed E-state index contributed by atoms with van der Waals surface area (Å²) in [5.41, 5.74) is 3.65. The van der Waals surface area contributed by atoms with E-state index in [-0.39, 0.29) is 25.5 Å². The maximum absolute atomic E-state index is 12.9. The molecule has 3 aromatic carbocycles. The molecule has 3 aromatic rings. The van der Waals surface area contributed by atoms with E-state index < -0.39 is 36.1 Å². The first-order valence-electron chi connectivity index (χ1n) is 13.7. The lowest BCUT2D eigenvalue weighted by atomic mass is 10.1. The third-order valence-corrected chi connectivity index (χ3v) is 5.97. The highest BCUT2D eigenvalue weighted by atomic mass is 16.6. The van der Waals surface area contributed by atoms with Gasteiger partial charge in [0.05, 0.1) is 12.8 Å². The molecule has 0 aliphatic heterocycles. The van der Waals surface area contributed by atoms with E-state index in [1.807, 2.05) is 49.4 Å². The lowest BCUT2D eigenvalue weighted by Gasteiger charge is -2.22. The zero-order valence-corrected chi connectivity index (χ0v) is 24.5. The summed E-state index contributed by atoms with van der Waals surface area (Å²) in [5.74, 6) is -1.59. The summed E-state index contributed by atoms with van der Waals surface area (Å²) in [6, 6.07) is 22.8. The first kappa shape index (κ1) is 31.9. The Morgan fingerprint density at radius 3 is 1.95 bits per heavy atom. The topological polar surface area (TPSA) is 120 Å². The minimum Gasteiger partial charge on any atom is -0.461 e. The van der Waals surface area contributed by atoms with Gasteiger partial charge in [-0.15, -0.1) is 0 Å². The number of ether oxygens (including phenoxy) is 3. The minimum atomic E-state index is -1.31. The van der Waals surface area contributed by atoms with Gasteiger partial charge in [0, 0.05) is 6.54 Å². The van der Waals surface area contributed by atoms with Gasteiger partial charge in [-0.25, -0.2) is 9.59 Å². The largest absolute Gasteiger partial charge is 0.461 e. The van der Waals surface area contributed by atoms with Gasteiger partial charge in [0.25, 0.3) is 0 Å². The highest BCUT2D eigenvalue weighted by Crippen LogP contribution is 2.12. The van der Waals surface area contributed by atoms with Crippen molar-refractivity contribution in [2.45, 2.75) is 71.9 Å². The predicted octanol–water partition coefficient (Wildman–Crippen LogP) is 4.92. The first-order valence-corrected chi connectivity index (χ1v) is 13.7. The van der Waals surface area contributed by atoms with Crippen LogP contribution in [0.15, 0.2) is 78.9 Å². The van der Waals surface area contributed by atoms with Crippen molar-refractivity contribution >= 4 is 23.9 Å². The molecule has 0 heterocycles. The Bertz CT molecular complexity index is 1330. The Morgan fingerprint density at radius 2 is 1.31 bits per heavy atom. The Morgan fingerprint density at radius 1 is 0.738 bits per heavy atom. The zero-order valence-electron chi connectivity index (χ0n) is 24.5. The van der Waals surface area contributed by atoms with Crippen molar-refractivity contribution in [3.8, 4) is 0 Å². The third kappa shape index (κ3) is 11.8. The van der Waals surface area contributed by atoms with Crippen LogP contribution in [0, 0.1) is 6.92 Å². The van der Waals surface area contributed by atoms with E-state index in [1.54, 1.807) is 57.2 Å². The Balaban J connectivity index is 1.52. The summed E-state index contributed by atoms with van der Waals surface area (Å²) < 4.78 is 15.9. The SMILES string of the molecule is Cc1ccc(CNC(=O)Cc2ccc(COC(=O)[C@H](CC(=O)OCc3ccccc3)NC(=O)OC(C)(C)C)cc2)cc1. The van der Waals surface area contributed by atoms with Crippen molar-refractivity contribution in [2.75, 3.05) is 0 Å². The van der Waals surface area contributed by atoms with Crippen molar-refractivity contribution in [1.29, 1.82) is 0 Å². The van der Waals surface area contributed by atoms with E-state index in [0.29, 0.717) is 12.1 Å². The number of aryl methyl sites for hydroxylation is 1. The van der Waals surface area contributed by atoms with Crippen LogP contribution in [-0.2, 0) is 54.8 Å². The van der Waals surface area contributed by atoms with Crippen LogP contribution < -0.4 is 10.6 Å². The summed E-state index contributed by atoms with van der Waals surface area (Å²) >= 11 is 0. The van der Waals surface area contributed by atoms with Gasteiger partial charge >= 0.3 is 18.0 Å². The fourth-order valence-electron chi connectivity index (χ4n) is 3.77. The quantitative estimate of drug-likeness (QED) is 0.233. The van der Waals surface area contributed by atoms with Crippen LogP contribution >= 0.6 is 0 Å². The minimum absolute atomic E-state index is 0.0319. The molecule has 0 bridgehead atoms. The smallest absolute Gasteiger partial charge is 0.408 e. The molecule has 1 atom stereocenters. The van der Waals surface area contributed by atoms with Crippen LogP contribution in [0.3, 0.4) is 0 Å². The van der Waals surface area contributed by atoms with Crippen LogP contribution in [0.1, 0.15) is 55.0 Å². The molecule has 0 radical (unpaired) electrons. The second-order valence-corrected chi connectivity index (χ2v) is 10.9. The molecule has 9 nitrogen and oxygen atoms in total. The molecule has 0 saturated heterocycles. The molecule has 0 fully saturated rings. The molecule has 222 valence electrons. The van der Waals surface area contributed by atoms with Crippen LogP contribution in [0.5, 0.6) is 0 Å². The zero-order chi connectivity index (χ0) is 30.5.